The van der Waals surface area contributed by atoms with E-state index in [1.807, 2.05) is 0 Å². The van der Waals surface area contributed by atoms with Gasteiger partial charge in [0, 0.05) is 17.8 Å². The molecule has 1 unspecified atom stereocenters. The minimum atomic E-state index is -3.73. The Balaban J connectivity index is 1.54. The lowest BCUT2D eigenvalue weighted by Gasteiger charge is -2.13. The third-order valence-electron chi connectivity index (χ3n) is 3.96. The number of halogens is 2. The van der Waals surface area contributed by atoms with Gasteiger partial charge in [0.25, 0.3) is 0 Å². The summed E-state index contributed by atoms with van der Waals surface area (Å²) in [5.74, 6) is -0.607. The number of hydrogen-bond acceptors (Lipinski definition) is 5. The molecule has 0 aliphatic carbocycles. The number of fused-ring (bicyclic) bond motifs is 1. The number of carbonyl (C=O) groups excluding carboxylic acids is 2. The SMILES string of the molecule is COc1ccc(/C=C/C(=O)NC(C)C(=O)Nc2ccc3c(c2)OC(F)(F)O3)cc1. The summed E-state index contributed by atoms with van der Waals surface area (Å²) >= 11 is 0. The molecular weight excluding hydrogens is 386 g/mol. The number of methoxy groups -OCH3 is 1. The zero-order valence-corrected chi connectivity index (χ0v) is 15.6. The van der Waals surface area contributed by atoms with Gasteiger partial charge in [-0.15, -0.1) is 8.78 Å². The molecule has 0 saturated carbocycles. The molecule has 1 aliphatic heterocycles. The van der Waals surface area contributed by atoms with Crippen molar-refractivity contribution < 1.29 is 32.6 Å². The Morgan fingerprint density at radius 3 is 2.48 bits per heavy atom. The number of nitrogens with one attached hydrogen (secondary N) is 2. The van der Waals surface area contributed by atoms with E-state index in [9.17, 15) is 18.4 Å². The molecule has 3 rings (SSSR count). The van der Waals surface area contributed by atoms with Crippen molar-refractivity contribution in [1.82, 2.24) is 5.32 Å². The quantitative estimate of drug-likeness (QED) is 0.723. The van der Waals surface area contributed by atoms with Crippen LogP contribution in [0.4, 0.5) is 14.5 Å². The molecule has 7 nitrogen and oxygen atoms in total. The van der Waals surface area contributed by atoms with Gasteiger partial charge in [-0.05, 0) is 42.8 Å². The first-order chi connectivity index (χ1) is 13.8. The Bertz CT molecular complexity index is 944. The van der Waals surface area contributed by atoms with E-state index >= 15 is 0 Å². The fourth-order valence-electron chi connectivity index (χ4n) is 2.49. The predicted molar refractivity (Wildman–Crippen MR) is 101 cm³/mol. The average Bonchev–Trinajstić information content (AvgIpc) is 2.99. The molecule has 0 spiro atoms. The predicted octanol–water partition coefficient (Wildman–Crippen LogP) is 3.17. The van der Waals surface area contributed by atoms with Gasteiger partial charge in [0.15, 0.2) is 11.5 Å². The van der Waals surface area contributed by atoms with Crippen molar-refractivity contribution in [3.05, 3.63) is 54.1 Å². The van der Waals surface area contributed by atoms with E-state index < -0.39 is 24.2 Å². The van der Waals surface area contributed by atoms with E-state index in [1.54, 1.807) is 37.5 Å². The monoisotopic (exact) mass is 404 g/mol. The third kappa shape index (κ3) is 5.22. The van der Waals surface area contributed by atoms with Gasteiger partial charge in [0.1, 0.15) is 11.8 Å². The zero-order valence-electron chi connectivity index (χ0n) is 15.6. The maximum atomic E-state index is 13.0. The molecule has 1 atom stereocenters. The summed E-state index contributed by atoms with van der Waals surface area (Å²) in [5, 5.41) is 5.04. The van der Waals surface area contributed by atoms with Crippen LogP contribution < -0.4 is 24.8 Å². The standard InChI is InChI=1S/C20H18F2N2O5/c1-12(23-18(25)10-5-13-3-7-15(27-2)8-4-13)19(26)24-14-6-9-16-17(11-14)29-20(21,22)28-16/h3-12H,1-2H3,(H,23,25)(H,24,26)/b10-5+. The molecule has 2 N–H and O–H groups in total. The van der Waals surface area contributed by atoms with Gasteiger partial charge >= 0.3 is 6.29 Å². The van der Waals surface area contributed by atoms with Gasteiger partial charge in [-0.25, -0.2) is 0 Å². The largest absolute Gasteiger partial charge is 0.586 e. The van der Waals surface area contributed by atoms with Gasteiger partial charge < -0.3 is 24.8 Å². The lowest BCUT2D eigenvalue weighted by Crippen LogP contribution is -2.40. The summed E-state index contributed by atoms with van der Waals surface area (Å²) in [6.45, 7) is 1.50. The highest BCUT2D eigenvalue weighted by molar-refractivity contribution is 6.00. The number of benzene rings is 2. The Kier molecular flexibility index (Phi) is 5.67. The van der Waals surface area contributed by atoms with Crippen LogP contribution in [0.5, 0.6) is 17.2 Å². The van der Waals surface area contributed by atoms with Crippen LogP contribution in [0.15, 0.2) is 48.5 Å². The smallest absolute Gasteiger partial charge is 0.497 e. The molecule has 152 valence electrons. The average molecular weight is 404 g/mol. The van der Waals surface area contributed by atoms with Gasteiger partial charge in [0.2, 0.25) is 11.8 Å². The Morgan fingerprint density at radius 1 is 1.10 bits per heavy atom. The van der Waals surface area contributed by atoms with Crippen LogP contribution in [0.25, 0.3) is 6.08 Å². The molecule has 2 aromatic carbocycles. The molecule has 0 aromatic heterocycles. The number of carbonyl (C=O) groups is 2. The maximum absolute atomic E-state index is 13.0. The number of rotatable bonds is 6. The van der Waals surface area contributed by atoms with Crippen molar-refractivity contribution in [2.24, 2.45) is 0 Å². The number of hydrogen-bond donors (Lipinski definition) is 2. The first-order valence-electron chi connectivity index (χ1n) is 8.59. The minimum absolute atomic E-state index is 0.127. The van der Waals surface area contributed by atoms with Crippen LogP contribution >= 0.6 is 0 Å². The highest BCUT2D eigenvalue weighted by Gasteiger charge is 2.43. The fraction of sp³-hybridized carbons (Fsp3) is 0.200. The topological polar surface area (TPSA) is 85.9 Å². The lowest BCUT2D eigenvalue weighted by atomic mass is 10.2. The Morgan fingerprint density at radius 2 is 1.79 bits per heavy atom. The lowest BCUT2D eigenvalue weighted by molar-refractivity contribution is -0.286. The van der Waals surface area contributed by atoms with Crippen molar-refractivity contribution in [3.63, 3.8) is 0 Å². The van der Waals surface area contributed by atoms with Crippen molar-refractivity contribution in [1.29, 1.82) is 0 Å². The Labute approximate surface area is 165 Å². The first kappa shape index (κ1) is 20.1. The highest BCUT2D eigenvalue weighted by atomic mass is 19.3. The third-order valence-corrected chi connectivity index (χ3v) is 3.96. The van der Waals surface area contributed by atoms with E-state index in [4.69, 9.17) is 4.74 Å². The van der Waals surface area contributed by atoms with Crippen LogP contribution in [0, 0.1) is 0 Å². The minimum Gasteiger partial charge on any atom is -0.497 e. The zero-order chi connectivity index (χ0) is 21.0. The van der Waals surface area contributed by atoms with Gasteiger partial charge in [-0.2, -0.15) is 0 Å². The number of anilines is 1. The molecule has 0 radical (unpaired) electrons. The van der Waals surface area contributed by atoms with Crippen molar-refractivity contribution in [2.45, 2.75) is 19.3 Å². The molecule has 9 heteroatoms. The van der Waals surface area contributed by atoms with E-state index in [2.05, 4.69) is 20.1 Å². The summed E-state index contributed by atoms with van der Waals surface area (Å²) in [4.78, 5) is 24.2. The van der Waals surface area contributed by atoms with Crippen LogP contribution in [-0.2, 0) is 9.59 Å². The van der Waals surface area contributed by atoms with Gasteiger partial charge in [-0.1, -0.05) is 12.1 Å². The van der Waals surface area contributed by atoms with Crippen LogP contribution in [-0.4, -0.2) is 31.3 Å². The second-order valence-electron chi connectivity index (χ2n) is 6.16. The van der Waals surface area contributed by atoms with E-state index in [-0.39, 0.29) is 17.2 Å². The fourth-order valence-corrected chi connectivity index (χ4v) is 2.49. The molecule has 29 heavy (non-hydrogen) atoms. The van der Waals surface area contributed by atoms with Crippen molar-refractivity contribution in [2.75, 3.05) is 12.4 Å². The van der Waals surface area contributed by atoms with E-state index in [1.165, 1.54) is 31.2 Å². The van der Waals surface area contributed by atoms with Crippen molar-refractivity contribution in [3.8, 4) is 17.2 Å². The summed E-state index contributed by atoms with van der Waals surface area (Å²) in [6.07, 6.45) is -0.839. The maximum Gasteiger partial charge on any atom is 0.586 e. The second kappa shape index (κ2) is 8.17. The normalized spacial score (nSPS) is 15.0. The summed E-state index contributed by atoms with van der Waals surface area (Å²) < 4.78 is 39.8. The molecular formula is C20H18F2N2O5. The van der Waals surface area contributed by atoms with Crippen LogP contribution in [0.3, 0.4) is 0 Å². The molecule has 0 saturated heterocycles. The molecule has 2 amide bonds. The molecule has 0 fully saturated rings. The van der Waals surface area contributed by atoms with Gasteiger partial charge in [0.05, 0.1) is 7.11 Å². The molecule has 2 aromatic rings. The summed E-state index contributed by atoms with van der Waals surface area (Å²) in [7, 11) is 1.56. The number of alkyl halides is 2. The molecule has 1 heterocycles. The van der Waals surface area contributed by atoms with Gasteiger partial charge in [-0.3, -0.25) is 9.59 Å². The molecule has 1 aliphatic rings. The number of amides is 2. The number of ether oxygens (including phenoxy) is 3. The first-order valence-corrected chi connectivity index (χ1v) is 8.59. The van der Waals surface area contributed by atoms with E-state index in [0.717, 1.165) is 5.56 Å². The second-order valence-corrected chi connectivity index (χ2v) is 6.16. The summed E-state index contributed by atoms with van der Waals surface area (Å²) in [5.41, 5.74) is 1.01. The van der Waals surface area contributed by atoms with Crippen molar-refractivity contribution >= 4 is 23.6 Å². The Hall–Kier alpha value is -3.62. The van der Waals surface area contributed by atoms with E-state index in [0.29, 0.717) is 5.75 Å². The molecule has 0 bridgehead atoms. The van der Waals surface area contributed by atoms with Crippen LogP contribution in [0.1, 0.15) is 12.5 Å². The summed E-state index contributed by atoms with van der Waals surface area (Å²) in [6, 6.07) is 10.1. The highest BCUT2D eigenvalue weighted by Crippen LogP contribution is 2.42. The van der Waals surface area contributed by atoms with Crippen LogP contribution in [0.2, 0.25) is 0 Å².